The number of rotatable bonds is 9. The van der Waals surface area contributed by atoms with Gasteiger partial charge in [0.2, 0.25) is 0 Å². The summed E-state index contributed by atoms with van der Waals surface area (Å²) < 4.78 is 0. The van der Waals surface area contributed by atoms with E-state index in [4.69, 9.17) is 0 Å². The van der Waals surface area contributed by atoms with Crippen molar-refractivity contribution in [1.82, 2.24) is 0 Å². The molecule has 0 aromatic heterocycles. The van der Waals surface area contributed by atoms with E-state index in [0.29, 0.717) is 0 Å². The third kappa shape index (κ3) is 9.86. The summed E-state index contributed by atoms with van der Waals surface area (Å²) in [5.41, 5.74) is 2.99. The maximum atomic E-state index is 3.78. The first-order valence-corrected chi connectivity index (χ1v) is 6.84. The molecule has 0 fully saturated rings. The van der Waals surface area contributed by atoms with Gasteiger partial charge in [-0.2, -0.15) is 0 Å². The Morgan fingerprint density at radius 1 is 1.00 bits per heavy atom. The van der Waals surface area contributed by atoms with Crippen LogP contribution < -0.4 is 0 Å². The Morgan fingerprint density at radius 2 is 1.76 bits per heavy atom. The van der Waals surface area contributed by atoms with Gasteiger partial charge in [-0.25, -0.2) is 0 Å². The molecule has 0 aromatic carbocycles. The van der Waals surface area contributed by atoms with Gasteiger partial charge in [-0.15, -0.1) is 6.58 Å². The zero-order valence-corrected chi connectivity index (χ0v) is 11.8. The normalized spacial score (nSPS) is 13.4. The zero-order chi connectivity index (χ0) is 12.9. The molecule has 0 aliphatic carbocycles. The predicted octanol–water partition coefficient (Wildman–Crippen LogP) is 5.98. The summed E-state index contributed by atoms with van der Waals surface area (Å²) in [6.07, 6.45) is 18.0. The van der Waals surface area contributed by atoms with Crippen LogP contribution in [0.4, 0.5) is 0 Å². The van der Waals surface area contributed by atoms with Gasteiger partial charge in [0, 0.05) is 0 Å². The molecule has 0 nitrogen and oxygen atoms in total. The molecule has 0 amide bonds. The Labute approximate surface area is 108 Å². The average Bonchev–Trinajstić information content (AvgIpc) is 2.35. The van der Waals surface area contributed by atoms with Crippen molar-refractivity contribution in [1.29, 1.82) is 0 Å². The zero-order valence-electron chi connectivity index (χ0n) is 11.8. The molecular weight excluding hydrogens is 204 g/mol. The van der Waals surface area contributed by atoms with Crippen LogP contribution in [0, 0.1) is 0 Å². The molecule has 0 atom stereocenters. The largest absolute Gasteiger partial charge is 0.103 e. The van der Waals surface area contributed by atoms with E-state index in [-0.39, 0.29) is 0 Å². The molecule has 0 saturated carbocycles. The van der Waals surface area contributed by atoms with Crippen molar-refractivity contribution < 1.29 is 0 Å². The standard InChI is InChI=1S/C17H28/c1-5-13-17(7-3)15-12-10-8-9-11-14-16(4)6-2/h5,8-9,14-15H,1,6-7,10-13H2,2-4H3. The third-order valence-corrected chi connectivity index (χ3v) is 2.95. The molecule has 0 saturated heterocycles. The van der Waals surface area contributed by atoms with Gasteiger partial charge in [0.05, 0.1) is 0 Å². The summed E-state index contributed by atoms with van der Waals surface area (Å²) >= 11 is 0. The summed E-state index contributed by atoms with van der Waals surface area (Å²) in [7, 11) is 0. The van der Waals surface area contributed by atoms with Crippen LogP contribution in [0.25, 0.3) is 0 Å². The van der Waals surface area contributed by atoms with Crippen LogP contribution in [0.1, 0.15) is 59.3 Å². The molecule has 0 aliphatic rings. The highest BCUT2D eigenvalue weighted by molar-refractivity contribution is 5.06. The Kier molecular flexibility index (Phi) is 10.7. The molecule has 0 bridgehead atoms. The molecule has 0 radical (unpaired) electrons. The van der Waals surface area contributed by atoms with Crippen LogP contribution in [-0.4, -0.2) is 0 Å². The van der Waals surface area contributed by atoms with Gasteiger partial charge < -0.3 is 0 Å². The van der Waals surface area contributed by atoms with E-state index >= 15 is 0 Å². The first-order valence-electron chi connectivity index (χ1n) is 6.84. The fourth-order valence-corrected chi connectivity index (χ4v) is 1.57. The minimum absolute atomic E-state index is 1.04. The Hall–Kier alpha value is -1.04. The molecular formula is C17H28. The number of hydrogen-bond donors (Lipinski definition) is 0. The first-order chi connectivity index (χ1) is 8.24. The summed E-state index contributed by atoms with van der Waals surface area (Å²) in [5, 5.41) is 0. The minimum atomic E-state index is 1.04. The van der Waals surface area contributed by atoms with Crippen molar-refractivity contribution in [2.45, 2.75) is 59.3 Å². The molecule has 0 unspecified atom stereocenters. The van der Waals surface area contributed by atoms with Crippen molar-refractivity contribution in [2.75, 3.05) is 0 Å². The van der Waals surface area contributed by atoms with Gasteiger partial charge in [0.15, 0.2) is 0 Å². The quantitative estimate of drug-likeness (QED) is 0.339. The van der Waals surface area contributed by atoms with Crippen LogP contribution in [0.5, 0.6) is 0 Å². The fourth-order valence-electron chi connectivity index (χ4n) is 1.57. The van der Waals surface area contributed by atoms with Gasteiger partial charge in [-0.1, -0.05) is 55.4 Å². The molecule has 0 heterocycles. The lowest BCUT2D eigenvalue weighted by atomic mass is 10.1. The van der Waals surface area contributed by atoms with E-state index in [9.17, 15) is 0 Å². The maximum Gasteiger partial charge on any atom is -0.0142 e. The molecule has 17 heavy (non-hydrogen) atoms. The highest BCUT2D eigenvalue weighted by Gasteiger charge is 1.89. The van der Waals surface area contributed by atoms with E-state index in [2.05, 4.69) is 51.7 Å². The van der Waals surface area contributed by atoms with Crippen LogP contribution in [-0.2, 0) is 0 Å². The molecule has 0 rings (SSSR count). The predicted molar refractivity (Wildman–Crippen MR) is 80.2 cm³/mol. The highest BCUT2D eigenvalue weighted by atomic mass is 14.0. The van der Waals surface area contributed by atoms with Crippen LogP contribution in [0.2, 0.25) is 0 Å². The Morgan fingerprint density at radius 3 is 2.35 bits per heavy atom. The third-order valence-electron chi connectivity index (χ3n) is 2.95. The number of unbranched alkanes of at least 4 members (excludes halogenated alkanes) is 1. The molecule has 96 valence electrons. The molecule has 0 spiro atoms. The maximum absolute atomic E-state index is 3.78. The number of hydrogen-bond acceptors (Lipinski definition) is 0. The molecule has 0 N–H and O–H groups in total. The lowest BCUT2D eigenvalue weighted by Gasteiger charge is -1.99. The second kappa shape index (κ2) is 11.4. The van der Waals surface area contributed by atoms with E-state index in [1.165, 1.54) is 11.1 Å². The second-order valence-electron chi connectivity index (χ2n) is 4.40. The lowest BCUT2D eigenvalue weighted by molar-refractivity contribution is 0.964. The topological polar surface area (TPSA) is 0 Å². The summed E-state index contributed by atoms with van der Waals surface area (Å²) in [6, 6.07) is 0. The summed E-state index contributed by atoms with van der Waals surface area (Å²) in [5.74, 6) is 0. The monoisotopic (exact) mass is 232 g/mol. The van der Waals surface area contributed by atoms with Crippen LogP contribution in [0.3, 0.4) is 0 Å². The van der Waals surface area contributed by atoms with Gasteiger partial charge in [0.1, 0.15) is 0 Å². The lowest BCUT2D eigenvalue weighted by Crippen LogP contribution is -1.78. The average molecular weight is 232 g/mol. The molecule has 0 aromatic rings. The Bertz CT molecular complexity index is 276. The highest BCUT2D eigenvalue weighted by Crippen LogP contribution is 2.09. The Balaban J connectivity index is 3.76. The first kappa shape index (κ1) is 16.0. The van der Waals surface area contributed by atoms with Crippen LogP contribution >= 0.6 is 0 Å². The summed E-state index contributed by atoms with van der Waals surface area (Å²) in [6.45, 7) is 10.4. The van der Waals surface area contributed by atoms with Crippen molar-refractivity contribution in [3.63, 3.8) is 0 Å². The van der Waals surface area contributed by atoms with Crippen molar-refractivity contribution >= 4 is 0 Å². The van der Waals surface area contributed by atoms with Crippen molar-refractivity contribution in [3.8, 4) is 0 Å². The van der Waals surface area contributed by atoms with Crippen molar-refractivity contribution in [3.05, 3.63) is 48.1 Å². The molecule has 0 heteroatoms. The summed E-state index contributed by atoms with van der Waals surface area (Å²) in [4.78, 5) is 0. The van der Waals surface area contributed by atoms with E-state index in [0.717, 1.165) is 38.5 Å². The molecule has 0 aliphatic heterocycles. The van der Waals surface area contributed by atoms with Gasteiger partial charge in [-0.05, 0) is 45.4 Å². The van der Waals surface area contributed by atoms with Crippen LogP contribution in [0.15, 0.2) is 48.1 Å². The van der Waals surface area contributed by atoms with E-state index < -0.39 is 0 Å². The SMILES string of the molecule is C=CCC(=CCCC=CCC=C(C)CC)CC. The smallest absolute Gasteiger partial charge is 0.0142 e. The van der Waals surface area contributed by atoms with Gasteiger partial charge in [0.25, 0.3) is 0 Å². The number of allylic oxidation sites excluding steroid dienone is 7. The minimum Gasteiger partial charge on any atom is -0.103 e. The van der Waals surface area contributed by atoms with E-state index in [1.54, 1.807) is 0 Å². The van der Waals surface area contributed by atoms with Gasteiger partial charge in [-0.3, -0.25) is 0 Å². The second-order valence-corrected chi connectivity index (χ2v) is 4.40. The van der Waals surface area contributed by atoms with Gasteiger partial charge >= 0.3 is 0 Å². The fraction of sp³-hybridized carbons (Fsp3) is 0.529. The van der Waals surface area contributed by atoms with Crippen molar-refractivity contribution in [2.24, 2.45) is 0 Å². The van der Waals surface area contributed by atoms with E-state index in [1.807, 2.05) is 6.08 Å².